The van der Waals surface area contributed by atoms with Gasteiger partial charge in [0.15, 0.2) is 23.5 Å². The minimum absolute atomic E-state index is 0.0147. The van der Waals surface area contributed by atoms with Gasteiger partial charge in [-0.3, -0.25) is 14.3 Å². The molecule has 2 aromatic rings. The molecule has 11 nitrogen and oxygen atoms in total. The number of nitrogen functional groups attached to an aromatic ring is 1. The summed E-state index contributed by atoms with van der Waals surface area (Å²) in [6, 6.07) is 0. The van der Waals surface area contributed by atoms with E-state index in [1.807, 2.05) is 0 Å². The first-order chi connectivity index (χ1) is 10.4. The summed E-state index contributed by atoms with van der Waals surface area (Å²) in [5.74, 6) is -1.45. The number of nitrogens with one attached hydrogen (secondary N) is 1. The van der Waals surface area contributed by atoms with Crippen molar-refractivity contribution in [1.82, 2.24) is 19.5 Å². The van der Waals surface area contributed by atoms with Gasteiger partial charge in [0.1, 0.15) is 12.2 Å². The van der Waals surface area contributed by atoms with E-state index in [1.54, 1.807) is 0 Å². The standard InChI is InChI=1S/C11H13N5O6/c1-21-5-4(17)6(10(19)20)22-9(5)16-2-13-3-7(16)14-11(12)15-8(3)18/h2,4-6,9,17H,1H3,(H,19,20)(H3,12,14,15,18)/t4-,5+,6-,9+/m0/s1. The molecule has 3 rings (SSSR count). The van der Waals surface area contributed by atoms with Crippen LogP contribution in [0.15, 0.2) is 11.1 Å². The number of carboxylic acids is 1. The van der Waals surface area contributed by atoms with Crippen LogP contribution in [0.3, 0.4) is 0 Å². The molecule has 0 bridgehead atoms. The van der Waals surface area contributed by atoms with Crippen LogP contribution in [0, 0.1) is 0 Å². The number of aliphatic hydroxyl groups is 1. The number of H-pyrrole nitrogens is 1. The van der Waals surface area contributed by atoms with Crippen molar-refractivity contribution < 1.29 is 24.5 Å². The maximum absolute atomic E-state index is 11.7. The number of aliphatic hydroxyl groups excluding tert-OH is 1. The predicted molar refractivity (Wildman–Crippen MR) is 70.9 cm³/mol. The average molecular weight is 311 g/mol. The number of ether oxygens (including phenoxy) is 2. The summed E-state index contributed by atoms with van der Waals surface area (Å²) in [6.45, 7) is 0. The minimum Gasteiger partial charge on any atom is -0.479 e. The molecule has 22 heavy (non-hydrogen) atoms. The van der Waals surface area contributed by atoms with Crippen LogP contribution < -0.4 is 11.3 Å². The Morgan fingerprint density at radius 1 is 1.59 bits per heavy atom. The number of hydrogen-bond donors (Lipinski definition) is 4. The molecule has 1 fully saturated rings. The van der Waals surface area contributed by atoms with Gasteiger partial charge in [0.25, 0.3) is 5.56 Å². The van der Waals surface area contributed by atoms with Crippen molar-refractivity contribution in [2.45, 2.75) is 24.5 Å². The van der Waals surface area contributed by atoms with E-state index in [4.69, 9.17) is 20.3 Å². The number of carbonyl (C=O) groups is 1. The summed E-state index contributed by atoms with van der Waals surface area (Å²) in [7, 11) is 1.31. The van der Waals surface area contributed by atoms with Crippen molar-refractivity contribution in [2.75, 3.05) is 12.8 Å². The Kier molecular flexibility index (Phi) is 3.31. The topological polar surface area (TPSA) is 166 Å². The maximum Gasteiger partial charge on any atom is 0.335 e. The monoisotopic (exact) mass is 311 g/mol. The number of carboxylic acid groups (broad SMARTS) is 1. The van der Waals surface area contributed by atoms with Gasteiger partial charge in [-0.05, 0) is 0 Å². The molecule has 1 saturated heterocycles. The molecule has 0 aliphatic carbocycles. The van der Waals surface area contributed by atoms with Crippen molar-refractivity contribution in [1.29, 1.82) is 0 Å². The maximum atomic E-state index is 11.7. The van der Waals surface area contributed by atoms with Crippen molar-refractivity contribution in [3.63, 3.8) is 0 Å². The van der Waals surface area contributed by atoms with Crippen LogP contribution in [0.4, 0.5) is 5.95 Å². The molecule has 0 unspecified atom stereocenters. The number of rotatable bonds is 3. The third-order valence-corrected chi connectivity index (χ3v) is 3.45. The highest BCUT2D eigenvalue weighted by Gasteiger charge is 2.49. The van der Waals surface area contributed by atoms with Crippen LogP contribution in [-0.2, 0) is 14.3 Å². The Labute approximate surface area is 122 Å². The second kappa shape index (κ2) is 5.05. The van der Waals surface area contributed by atoms with Crippen LogP contribution >= 0.6 is 0 Å². The van der Waals surface area contributed by atoms with Gasteiger partial charge in [-0.1, -0.05) is 0 Å². The van der Waals surface area contributed by atoms with Crippen molar-refractivity contribution in [2.24, 2.45) is 0 Å². The number of nitrogens with zero attached hydrogens (tertiary/aromatic N) is 3. The molecule has 0 saturated carbocycles. The number of hydrogen-bond acceptors (Lipinski definition) is 8. The van der Waals surface area contributed by atoms with Crippen LogP contribution in [0.25, 0.3) is 11.2 Å². The first kappa shape index (κ1) is 14.4. The largest absolute Gasteiger partial charge is 0.479 e. The van der Waals surface area contributed by atoms with Crippen LogP contribution in [0.5, 0.6) is 0 Å². The van der Waals surface area contributed by atoms with Crippen molar-refractivity contribution in [3.05, 3.63) is 16.7 Å². The van der Waals surface area contributed by atoms with Gasteiger partial charge in [0.2, 0.25) is 5.95 Å². The molecule has 118 valence electrons. The number of nitrogens with two attached hydrogens (primary N) is 1. The van der Waals surface area contributed by atoms with Gasteiger partial charge in [0.05, 0.1) is 6.33 Å². The second-order valence-corrected chi connectivity index (χ2v) is 4.75. The third-order valence-electron chi connectivity index (χ3n) is 3.45. The summed E-state index contributed by atoms with van der Waals surface area (Å²) in [6.07, 6.45) is -3.59. The molecule has 0 spiro atoms. The summed E-state index contributed by atoms with van der Waals surface area (Å²) in [5, 5.41) is 19.0. The lowest BCUT2D eigenvalue weighted by molar-refractivity contribution is -0.155. The summed E-state index contributed by atoms with van der Waals surface area (Å²) >= 11 is 0. The first-order valence-corrected chi connectivity index (χ1v) is 6.25. The highest BCUT2D eigenvalue weighted by Crippen LogP contribution is 2.32. The Balaban J connectivity index is 2.11. The SMILES string of the molecule is CO[C@@H]1[C@H](O)[C@@H](C(=O)O)O[C@H]1n1cnc2c(=O)[nH]c(N)nc21. The zero-order chi connectivity index (χ0) is 16.0. The van der Waals surface area contributed by atoms with Crippen LogP contribution in [0.2, 0.25) is 0 Å². The lowest BCUT2D eigenvalue weighted by atomic mass is 10.1. The Bertz CT molecular complexity index is 785. The third kappa shape index (κ3) is 2.03. The zero-order valence-electron chi connectivity index (χ0n) is 11.3. The van der Waals surface area contributed by atoms with E-state index in [2.05, 4.69) is 15.0 Å². The molecule has 1 aliphatic heterocycles. The fraction of sp³-hybridized carbons (Fsp3) is 0.455. The van der Waals surface area contributed by atoms with E-state index in [0.29, 0.717) is 0 Å². The molecule has 2 aromatic heterocycles. The van der Waals surface area contributed by atoms with E-state index in [-0.39, 0.29) is 17.1 Å². The van der Waals surface area contributed by atoms with Gasteiger partial charge >= 0.3 is 5.97 Å². The van der Waals surface area contributed by atoms with Crippen LogP contribution in [0.1, 0.15) is 6.23 Å². The molecule has 5 N–H and O–H groups in total. The number of aromatic nitrogens is 4. The average Bonchev–Trinajstić information content (AvgIpc) is 2.99. The van der Waals surface area contributed by atoms with Gasteiger partial charge in [-0.25, -0.2) is 9.78 Å². The van der Waals surface area contributed by atoms with Crippen molar-refractivity contribution >= 4 is 23.1 Å². The molecular formula is C11H13N5O6. The minimum atomic E-state index is -1.47. The normalized spacial score (nSPS) is 28.3. The number of aromatic amines is 1. The molecular weight excluding hydrogens is 298 g/mol. The highest BCUT2D eigenvalue weighted by molar-refractivity contribution is 5.74. The summed E-state index contributed by atoms with van der Waals surface area (Å²) in [4.78, 5) is 33.0. The molecule has 0 radical (unpaired) electrons. The fourth-order valence-corrected chi connectivity index (χ4v) is 2.46. The molecule has 4 atom stereocenters. The van der Waals surface area contributed by atoms with E-state index in [1.165, 1.54) is 18.0 Å². The van der Waals surface area contributed by atoms with Gasteiger partial charge in [-0.15, -0.1) is 0 Å². The molecule has 0 aromatic carbocycles. The lowest BCUT2D eigenvalue weighted by Crippen LogP contribution is -2.37. The molecule has 0 amide bonds. The Morgan fingerprint density at radius 2 is 2.32 bits per heavy atom. The summed E-state index contributed by atoms with van der Waals surface area (Å²) < 4.78 is 11.8. The van der Waals surface area contributed by atoms with E-state index < -0.39 is 36.1 Å². The fourth-order valence-electron chi connectivity index (χ4n) is 2.46. The van der Waals surface area contributed by atoms with E-state index >= 15 is 0 Å². The van der Waals surface area contributed by atoms with Gasteiger partial charge in [0, 0.05) is 7.11 Å². The van der Waals surface area contributed by atoms with Crippen molar-refractivity contribution in [3.8, 4) is 0 Å². The Morgan fingerprint density at radius 3 is 2.95 bits per heavy atom. The lowest BCUT2D eigenvalue weighted by Gasteiger charge is -2.19. The van der Waals surface area contributed by atoms with Gasteiger partial charge < -0.3 is 25.4 Å². The molecule has 11 heteroatoms. The number of methoxy groups -OCH3 is 1. The zero-order valence-corrected chi connectivity index (χ0v) is 11.3. The first-order valence-electron chi connectivity index (χ1n) is 6.25. The number of anilines is 1. The quantitative estimate of drug-likeness (QED) is 0.504. The smallest absolute Gasteiger partial charge is 0.335 e. The summed E-state index contributed by atoms with van der Waals surface area (Å²) in [5.41, 5.74) is 5.08. The number of imidazole rings is 1. The second-order valence-electron chi connectivity index (χ2n) is 4.75. The molecule has 1 aliphatic rings. The molecule has 3 heterocycles. The van der Waals surface area contributed by atoms with Crippen LogP contribution in [-0.4, -0.2) is 61.1 Å². The van der Waals surface area contributed by atoms with E-state index in [0.717, 1.165) is 0 Å². The number of fused-ring (bicyclic) bond motifs is 1. The highest BCUT2D eigenvalue weighted by atomic mass is 16.6. The number of aliphatic carboxylic acids is 1. The Hall–Kier alpha value is -2.50. The van der Waals surface area contributed by atoms with Gasteiger partial charge in [-0.2, -0.15) is 4.98 Å². The predicted octanol–water partition coefficient (Wildman–Crippen LogP) is -1.94. The van der Waals surface area contributed by atoms with E-state index in [9.17, 15) is 14.7 Å².